The van der Waals surface area contributed by atoms with Crippen LogP contribution in [0.1, 0.15) is 93.8 Å². The minimum Gasteiger partial charge on any atom is -1.00 e. The molecule has 0 aromatic heterocycles. The molecule has 0 saturated carbocycles. The first-order valence-electron chi connectivity index (χ1n) is 9.21. The first kappa shape index (κ1) is 29.6. The Labute approximate surface area is 187 Å². The van der Waals surface area contributed by atoms with Crippen molar-refractivity contribution in [2.45, 2.75) is 92.4 Å². The number of aliphatic carboxylic acids is 1. The third-order valence-corrected chi connectivity index (χ3v) is 4.51. The molecule has 1 radical (unpaired) electrons. The summed E-state index contributed by atoms with van der Waals surface area (Å²) in [6, 6.07) is 0. The smallest absolute Gasteiger partial charge is 1.00 e. The third-order valence-electron chi connectivity index (χ3n) is 4.51. The van der Waals surface area contributed by atoms with Crippen molar-refractivity contribution in [1.29, 1.82) is 0 Å². The van der Waals surface area contributed by atoms with E-state index in [1.807, 2.05) is 6.92 Å². The predicted molar refractivity (Wildman–Crippen MR) is 97.2 cm³/mol. The Morgan fingerprint density at radius 1 is 0.917 bits per heavy atom. The minimum absolute atomic E-state index is 0. The SMILES string of the molecule is C/C(=C\C(=O)O)CCC[C@H](C)CCC[C@H](C)CCCC(C)C.[H-].[Na+].[Tc]. The van der Waals surface area contributed by atoms with Crippen molar-refractivity contribution < 1.29 is 61.0 Å². The zero-order valence-electron chi connectivity index (χ0n) is 17.9. The second-order valence-corrected chi connectivity index (χ2v) is 7.69. The maximum atomic E-state index is 10.5. The monoisotopic (exact) mass is 431 g/mol. The Bertz CT molecular complexity index is 336. The van der Waals surface area contributed by atoms with Crippen LogP contribution in [0.5, 0.6) is 0 Å². The Kier molecular flexibility index (Phi) is 23.0. The van der Waals surface area contributed by atoms with Crippen LogP contribution in [-0.4, -0.2) is 11.1 Å². The summed E-state index contributed by atoms with van der Waals surface area (Å²) in [5, 5.41) is 8.68. The first-order chi connectivity index (χ1) is 10.3. The van der Waals surface area contributed by atoms with Crippen LogP contribution in [0.25, 0.3) is 0 Å². The van der Waals surface area contributed by atoms with Crippen LogP contribution in [0.4, 0.5) is 0 Å². The zero-order valence-corrected chi connectivity index (χ0v) is 20.8. The van der Waals surface area contributed by atoms with Crippen molar-refractivity contribution in [3.05, 3.63) is 11.6 Å². The molecule has 0 saturated heterocycles. The normalized spacial score (nSPS) is 13.8. The summed E-state index contributed by atoms with van der Waals surface area (Å²) < 4.78 is 0. The maximum absolute atomic E-state index is 10.5. The fraction of sp³-hybridized carbons (Fsp3) is 0.850. The van der Waals surface area contributed by atoms with E-state index in [4.69, 9.17) is 5.11 Å². The summed E-state index contributed by atoms with van der Waals surface area (Å²) in [6.45, 7) is 11.3. The predicted octanol–water partition coefficient (Wildman–Crippen LogP) is 3.57. The molecule has 0 aliphatic carbocycles. The van der Waals surface area contributed by atoms with Crippen LogP contribution < -0.4 is 29.6 Å². The molecular weight excluding hydrogens is 393 g/mol. The number of rotatable bonds is 13. The van der Waals surface area contributed by atoms with Crippen LogP contribution in [0, 0.1) is 17.8 Å². The average Bonchev–Trinajstić information content (AvgIpc) is 2.37. The molecule has 0 spiro atoms. The first-order valence-corrected chi connectivity index (χ1v) is 9.21. The topological polar surface area (TPSA) is 37.3 Å². The second-order valence-electron chi connectivity index (χ2n) is 7.69. The number of hydrogen-bond donors (Lipinski definition) is 1. The van der Waals surface area contributed by atoms with E-state index >= 15 is 0 Å². The van der Waals surface area contributed by atoms with Gasteiger partial charge in [-0.3, -0.25) is 0 Å². The second kappa shape index (κ2) is 18.6. The minimum atomic E-state index is -0.822. The summed E-state index contributed by atoms with van der Waals surface area (Å²) >= 11 is 0. The van der Waals surface area contributed by atoms with Gasteiger partial charge in [-0.2, -0.15) is 0 Å². The summed E-state index contributed by atoms with van der Waals surface area (Å²) in [6.07, 6.45) is 12.7. The third kappa shape index (κ3) is 20.9. The molecule has 0 rings (SSSR count). The van der Waals surface area contributed by atoms with Gasteiger partial charge in [-0.15, -0.1) is 0 Å². The number of allylic oxidation sites excluding steroid dienone is 1. The summed E-state index contributed by atoms with van der Waals surface area (Å²) in [4.78, 5) is 10.5. The van der Waals surface area contributed by atoms with Crippen molar-refractivity contribution in [3.8, 4) is 0 Å². The molecule has 0 fully saturated rings. The van der Waals surface area contributed by atoms with Gasteiger partial charge >= 0.3 is 35.5 Å². The summed E-state index contributed by atoms with van der Waals surface area (Å²) in [7, 11) is 0. The van der Waals surface area contributed by atoms with E-state index in [1.54, 1.807) is 0 Å². The molecule has 0 aliphatic rings. The van der Waals surface area contributed by atoms with E-state index in [0.29, 0.717) is 0 Å². The number of carboxylic acid groups (broad SMARTS) is 1. The molecule has 2 nitrogen and oxygen atoms in total. The van der Waals surface area contributed by atoms with Crippen LogP contribution in [0.2, 0.25) is 0 Å². The van der Waals surface area contributed by atoms with Crippen molar-refractivity contribution in [1.82, 2.24) is 0 Å². The van der Waals surface area contributed by atoms with Crippen LogP contribution in [0.15, 0.2) is 11.6 Å². The quantitative estimate of drug-likeness (QED) is 0.357. The van der Waals surface area contributed by atoms with Crippen LogP contribution in [-0.2, 0) is 24.9 Å². The fourth-order valence-corrected chi connectivity index (χ4v) is 2.99. The Hall–Kier alpha value is 0.859. The van der Waals surface area contributed by atoms with Crippen LogP contribution in [0.3, 0.4) is 0 Å². The van der Waals surface area contributed by atoms with E-state index < -0.39 is 5.97 Å². The molecule has 0 aromatic carbocycles. The van der Waals surface area contributed by atoms with Gasteiger partial charge in [-0.05, 0) is 37.5 Å². The molecule has 1 N–H and O–H groups in total. The van der Waals surface area contributed by atoms with E-state index in [9.17, 15) is 4.79 Å². The molecule has 0 unspecified atom stereocenters. The van der Waals surface area contributed by atoms with Gasteiger partial charge in [0.15, 0.2) is 0 Å². The molecule has 0 aromatic rings. The van der Waals surface area contributed by atoms with Gasteiger partial charge in [0.1, 0.15) is 0 Å². The van der Waals surface area contributed by atoms with Gasteiger partial charge in [0, 0.05) is 26.2 Å². The van der Waals surface area contributed by atoms with Crippen molar-refractivity contribution in [2.24, 2.45) is 17.8 Å². The molecule has 0 aliphatic heterocycles. The van der Waals surface area contributed by atoms with Crippen molar-refractivity contribution in [3.63, 3.8) is 0 Å². The molecule has 0 amide bonds. The van der Waals surface area contributed by atoms with Gasteiger partial charge < -0.3 is 6.53 Å². The average molecular weight is 433 g/mol. The van der Waals surface area contributed by atoms with Crippen molar-refractivity contribution >= 4 is 5.97 Å². The standard InChI is InChI=1S/C20H38O2.Na.Tc.H/c1-16(2)9-6-10-17(3)11-7-12-18(4)13-8-14-19(5)15-20(21)22;;;/h15-18H,6-14H2,1-5H3,(H,21,22);;;/q;+1;;-1/b19-15+;;;/t17-,18-;;;/m1.../s1. The van der Waals surface area contributed by atoms with E-state index in [2.05, 4.69) is 27.7 Å². The molecule has 2 atom stereocenters. The Morgan fingerprint density at radius 2 is 1.33 bits per heavy atom. The van der Waals surface area contributed by atoms with E-state index in [0.717, 1.165) is 36.2 Å². The molecule has 24 heavy (non-hydrogen) atoms. The van der Waals surface area contributed by atoms with Gasteiger partial charge in [0.2, 0.25) is 0 Å². The molecular formula is C20H39NaO2Tc. The zero-order chi connectivity index (χ0) is 17.0. The molecule has 0 bridgehead atoms. The fourth-order valence-electron chi connectivity index (χ4n) is 2.99. The number of carbonyl (C=O) groups is 1. The Morgan fingerprint density at radius 3 is 1.75 bits per heavy atom. The summed E-state index contributed by atoms with van der Waals surface area (Å²) in [5.74, 6) is 1.65. The molecule has 4 heteroatoms. The van der Waals surface area contributed by atoms with Gasteiger partial charge in [-0.1, -0.05) is 78.2 Å². The van der Waals surface area contributed by atoms with Gasteiger partial charge in [-0.25, -0.2) is 4.79 Å². The van der Waals surface area contributed by atoms with Gasteiger partial charge in [0.25, 0.3) is 0 Å². The Balaban J connectivity index is -0.000000735. The van der Waals surface area contributed by atoms with E-state index in [-0.39, 0.29) is 51.1 Å². The van der Waals surface area contributed by atoms with Crippen LogP contribution >= 0.6 is 0 Å². The maximum Gasteiger partial charge on any atom is 1.00 e. The number of hydrogen-bond acceptors (Lipinski definition) is 1. The van der Waals surface area contributed by atoms with Crippen molar-refractivity contribution in [2.75, 3.05) is 0 Å². The van der Waals surface area contributed by atoms with Gasteiger partial charge in [0.05, 0.1) is 0 Å². The number of carboxylic acids is 1. The molecule has 0 heterocycles. The summed E-state index contributed by atoms with van der Waals surface area (Å²) in [5.41, 5.74) is 0.985. The van der Waals surface area contributed by atoms with E-state index in [1.165, 1.54) is 51.0 Å². The molecule has 139 valence electrons. The largest absolute Gasteiger partial charge is 1.00 e.